The van der Waals surface area contributed by atoms with Gasteiger partial charge >= 0.3 is 11.7 Å². The molecule has 0 saturated heterocycles. The number of carboxylic acids is 1. The van der Waals surface area contributed by atoms with E-state index in [0.717, 1.165) is 49.7 Å². The number of carboxylic acid groups (broad SMARTS) is 1. The van der Waals surface area contributed by atoms with Crippen LogP contribution in [0.2, 0.25) is 0 Å². The summed E-state index contributed by atoms with van der Waals surface area (Å²) in [6.07, 6.45) is 3.72. The van der Waals surface area contributed by atoms with Crippen molar-refractivity contribution in [3.05, 3.63) is 119 Å². The average molecular weight is 813 g/mol. The molecule has 56 heavy (non-hydrogen) atoms. The van der Waals surface area contributed by atoms with Crippen molar-refractivity contribution in [2.24, 2.45) is 0 Å². The Balaban J connectivity index is 0.00000300. The summed E-state index contributed by atoms with van der Waals surface area (Å²) in [5.74, 6) is -1.43. The van der Waals surface area contributed by atoms with Crippen LogP contribution in [0.1, 0.15) is 59.1 Å². The minimum Gasteiger partial charge on any atom is -0.506 e. The molecule has 0 radical (unpaired) electrons. The fourth-order valence-corrected chi connectivity index (χ4v) is 9.39. The van der Waals surface area contributed by atoms with Crippen molar-refractivity contribution in [2.75, 3.05) is 26.7 Å². The molecule has 7 rings (SSSR count). The Hall–Kier alpha value is -4.71. The van der Waals surface area contributed by atoms with Crippen LogP contribution < -0.4 is 16.6 Å². The molecule has 5 N–H and O–H groups in total. The van der Waals surface area contributed by atoms with E-state index in [1.54, 1.807) is 16.7 Å². The summed E-state index contributed by atoms with van der Waals surface area (Å²) in [4.78, 5) is 43.7. The van der Waals surface area contributed by atoms with Gasteiger partial charge in [-0.15, -0.1) is 22.7 Å². The van der Waals surface area contributed by atoms with Crippen LogP contribution in [-0.4, -0.2) is 74.6 Å². The summed E-state index contributed by atoms with van der Waals surface area (Å²) in [5, 5.41) is 39.1. The zero-order chi connectivity index (χ0) is 37.8. The zero-order valence-electron chi connectivity index (χ0n) is 30.7. The van der Waals surface area contributed by atoms with Gasteiger partial charge < -0.3 is 39.7 Å². The second-order valence-electron chi connectivity index (χ2n) is 13.9. The summed E-state index contributed by atoms with van der Waals surface area (Å²) in [6, 6.07) is 19.6. The van der Waals surface area contributed by atoms with E-state index in [1.807, 2.05) is 53.2 Å². The van der Waals surface area contributed by atoms with E-state index in [4.69, 9.17) is 9.15 Å². The van der Waals surface area contributed by atoms with Crippen LogP contribution >= 0.6 is 22.7 Å². The number of hydrogen-bond donors (Lipinski definition) is 5. The van der Waals surface area contributed by atoms with Crippen molar-refractivity contribution in [3.8, 4) is 5.75 Å². The standard InChI is InChI=1S/C40H44N4O8S2.2FH/c1-43(26-8-10-27(11-9-26)52-40(38(48)49,34-5-2-21-53-34)35-6-3-22-54-35)19-4-20-44-30-14-7-25(23-33(30)51-39(44)50)17-18-41-24-32(46)28-12-15-31(45)37-29(28)13-16-36(47)42-37;;/h2-3,5-7,12-16,21-23,26-27,32,41,45-46H,4,8-11,17-20,24H2,1H3,(H,42,47)(H,48,49);2*1H/t26-,27-,32-;;/m0../s1. The van der Waals surface area contributed by atoms with E-state index in [9.17, 15) is 29.7 Å². The topological polar surface area (TPSA) is 170 Å². The van der Waals surface area contributed by atoms with Crippen molar-refractivity contribution in [1.29, 1.82) is 0 Å². The third-order valence-corrected chi connectivity index (χ3v) is 12.4. The minimum absolute atomic E-state index is 0. The smallest absolute Gasteiger partial charge is 0.419 e. The SMILES string of the molecule is CN(CCCn1c(=O)oc2cc(CCNC[C@H](O)c3ccc(O)c4[nH]c(=O)ccc34)ccc21)[C@H]1CC[C@H](OC(C(=O)O)(c2cccs2)c2cccs2)CC1.F.F. The number of aromatic amines is 1. The number of carbonyl (C=O) groups is 1. The number of phenolic OH excluding ortho intramolecular Hbond substituents is 1. The largest absolute Gasteiger partial charge is 0.506 e. The third-order valence-electron chi connectivity index (χ3n) is 10.5. The highest BCUT2D eigenvalue weighted by Crippen LogP contribution is 2.42. The lowest BCUT2D eigenvalue weighted by molar-refractivity contribution is -0.170. The van der Waals surface area contributed by atoms with Gasteiger partial charge in [-0.25, -0.2) is 9.59 Å². The first kappa shape index (κ1) is 42.4. The number of aromatic nitrogens is 2. The number of pyridine rings is 1. The monoisotopic (exact) mass is 812 g/mol. The van der Waals surface area contributed by atoms with Gasteiger partial charge in [-0.2, -0.15) is 0 Å². The molecule has 4 heterocycles. The Bertz CT molecular complexity index is 2280. The molecule has 0 aliphatic heterocycles. The van der Waals surface area contributed by atoms with Gasteiger partial charge in [-0.05, 0) is 117 Å². The minimum atomic E-state index is -1.50. The number of hydrogen-bond acceptors (Lipinski definition) is 11. The first-order valence-corrected chi connectivity index (χ1v) is 20.0. The molecular formula is C40H46F2N4O8S2. The van der Waals surface area contributed by atoms with E-state index in [-0.39, 0.29) is 39.1 Å². The number of aliphatic carboxylic acids is 1. The number of benzene rings is 2. The number of aliphatic hydroxyl groups excluding tert-OH is 1. The summed E-state index contributed by atoms with van der Waals surface area (Å²) in [5.41, 5.74) is 1.35. The quantitative estimate of drug-likeness (QED) is 0.0719. The maximum Gasteiger partial charge on any atom is 0.419 e. The number of halogens is 2. The molecule has 1 saturated carbocycles. The second-order valence-corrected chi connectivity index (χ2v) is 15.8. The van der Waals surface area contributed by atoms with Gasteiger partial charge in [0, 0.05) is 30.6 Å². The van der Waals surface area contributed by atoms with E-state index in [0.29, 0.717) is 57.4 Å². The fourth-order valence-electron chi connectivity index (χ4n) is 7.58. The molecule has 0 amide bonds. The van der Waals surface area contributed by atoms with Crippen molar-refractivity contribution in [3.63, 3.8) is 0 Å². The maximum atomic E-state index is 12.9. The van der Waals surface area contributed by atoms with Crippen LogP contribution in [-0.2, 0) is 28.1 Å². The van der Waals surface area contributed by atoms with Crippen molar-refractivity contribution >= 4 is 50.6 Å². The second kappa shape index (κ2) is 18.5. The third kappa shape index (κ3) is 8.80. The van der Waals surface area contributed by atoms with Crippen molar-refractivity contribution < 1.29 is 38.7 Å². The van der Waals surface area contributed by atoms with Gasteiger partial charge in [0.15, 0.2) is 5.58 Å². The number of oxazole rings is 1. The van der Waals surface area contributed by atoms with E-state index in [2.05, 4.69) is 22.2 Å². The number of phenols is 1. The van der Waals surface area contributed by atoms with Gasteiger partial charge in [-0.1, -0.05) is 24.3 Å². The molecule has 1 aliphatic rings. The number of nitrogens with one attached hydrogen (secondary N) is 2. The Labute approximate surface area is 328 Å². The summed E-state index contributed by atoms with van der Waals surface area (Å²) < 4.78 is 13.9. The Morgan fingerprint density at radius 1 is 1.04 bits per heavy atom. The highest BCUT2D eigenvalue weighted by molar-refractivity contribution is 7.12. The van der Waals surface area contributed by atoms with Crippen LogP contribution in [0, 0.1) is 0 Å². The lowest BCUT2D eigenvalue weighted by Crippen LogP contribution is -2.44. The maximum absolute atomic E-state index is 12.9. The molecule has 0 spiro atoms. The van der Waals surface area contributed by atoms with Crippen LogP contribution in [0.25, 0.3) is 22.0 Å². The number of H-pyrrole nitrogens is 1. The summed E-state index contributed by atoms with van der Waals surface area (Å²) >= 11 is 2.81. The molecule has 2 aromatic carbocycles. The molecule has 16 heteroatoms. The van der Waals surface area contributed by atoms with Gasteiger partial charge in [0.25, 0.3) is 0 Å². The lowest BCUT2D eigenvalue weighted by atomic mass is 9.90. The first-order chi connectivity index (χ1) is 26.1. The predicted octanol–water partition coefficient (Wildman–Crippen LogP) is 6.11. The fraction of sp³-hybridized carbons (Fsp3) is 0.375. The van der Waals surface area contributed by atoms with Crippen LogP contribution in [0.15, 0.2) is 91.5 Å². The predicted molar refractivity (Wildman–Crippen MR) is 215 cm³/mol. The zero-order valence-corrected chi connectivity index (χ0v) is 32.4. The Morgan fingerprint density at radius 2 is 1.75 bits per heavy atom. The van der Waals surface area contributed by atoms with Gasteiger partial charge in [0.1, 0.15) is 5.75 Å². The number of aliphatic hydroxyl groups is 1. The van der Waals surface area contributed by atoms with E-state index in [1.165, 1.54) is 34.8 Å². The number of fused-ring (bicyclic) bond motifs is 2. The van der Waals surface area contributed by atoms with Crippen molar-refractivity contribution in [2.45, 2.75) is 68.9 Å². The van der Waals surface area contributed by atoms with Crippen LogP contribution in [0.4, 0.5) is 9.41 Å². The average Bonchev–Trinajstić information content (AvgIpc) is 3.96. The summed E-state index contributed by atoms with van der Waals surface area (Å²) in [7, 11) is 2.11. The number of thiophene rings is 2. The molecular weight excluding hydrogens is 767 g/mol. The molecule has 300 valence electrons. The number of rotatable bonds is 16. The van der Waals surface area contributed by atoms with Gasteiger partial charge in [0.05, 0.1) is 33.0 Å². The molecule has 1 fully saturated rings. The molecule has 1 aliphatic carbocycles. The molecule has 6 aromatic rings. The number of aryl methyl sites for hydroxylation is 1. The normalized spacial score (nSPS) is 16.5. The highest BCUT2D eigenvalue weighted by Gasteiger charge is 2.48. The van der Waals surface area contributed by atoms with Crippen molar-refractivity contribution in [1.82, 2.24) is 19.8 Å². The van der Waals surface area contributed by atoms with Crippen LogP contribution in [0.5, 0.6) is 5.75 Å². The Kier molecular flexibility index (Phi) is 14.0. The van der Waals surface area contributed by atoms with Gasteiger partial charge in [-0.3, -0.25) is 18.8 Å². The Morgan fingerprint density at radius 3 is 2.41 bits per heavy atom. The van der Waals surface area contributed by atoms with E-state index >= 15 is 0 Å². The number of aromatic hydroxyl groups is 1. The lowest BCUT2D eigenvalue weighted by Gasteiger charge is -2.38. The molecule has 0 unspecified atom stereocenters. The summed E-state index contributed by atoms with van der Waals surface area (Å²) in [6.45, 7) is 2.17. The first-order valence-electron chi connectivity index (χ1n) is 18.2. The molecule has 1 atom stereocenters. The van der Waals surface area contributed by atoms with Gasteiger partial charge in [0.2, 0.25) is 11.2 Å². The van der Waals surface area contributed by atoms with Crippen LogP contribution in [0.3, 0.4) is 0 Å². The highest BCUT2D eigenvalue weighted by atomic mass is 32.1. The molecule has 12 nitrogen and oxygen atoms in total. The number of nitrogens with zero attached hydrogens (tertiary/aromatic N) is 2. The van der Waals surface area contributed by atoms with E-state index < -0.39 is 17.7 Å². The number of ether oxygens (including phenoxy) is 1. The molecule has 4 aromatic heterocycles. The molecule has 0 bridgehead atoms.